The fourth-order valence-corrected chi connectivity index (χ4v) is 4.31. The van der Waals surface area contributed by atoms with Crippen molar-refractivity contribution in [2.24, 2.45) is 0 Å². The largest absolute Gasteiger partial charge is 0.497 e. The van der Waals surface area contributed by atoms with Crippen molar-refractivity contribution in [3.8, 4) is 5.75 Å². The van der Waals surface area contributed by atoms with Gasteiger partial charge in [-0.3, -0.25) is 4.79 Å². The number of hydrogen-bond donors (Lipinski definition) is 0. The molecule has 0 aliphatic rings. The van der Waals surface area contributed by atoms with Gasteiger partial charge in [0.15, 0.2) is 0 Å². The van der Waals surface area contributed by atoms with Gasteiger partial charge in [0.05, 0.1) is 35.9 Å². The van der Waals surface area contributed by atoms with Crippen LogP contribution in [0.15, 0.2) is 42.5 Å². The average molecular weight is 387 g/mol. The van der Waals surface area contributed by atoms with Gasteiger partial charge < -0.3 is 14.0 Å². The van der Waals surface area contributed by atoms with E-state index in [2.05, 4.69) is 0 Å². The lowest BCUT2D eigenvalue weighted by Crippen LogP contribution is -2.14. The van der Waals surface area contributed by atoms with Crippen LogP contribution in [0.3, 0.4) is 0 Å². The van der Waals surface area contributed by atoms with Crippen LogP contribution in [-0.4, -0.2) is 33.0 Å². The first-order valence-electron chi connectivity index (χ1n) is 7.13. The summed E-state index contributed by atoms with van der Waals surface area (Å²) in [7, 11) is 1.56. The van der Waals surface area contributed by atoms with E-state index in [-0.39, 0.29) is 11.1 Å². The summed E-state index contributed by atoms with van der Waals surface area (Å²) >= 11 is 12.3. The van der Waals surface area contributed by atoms with E-state index in [4.69, 9.17) is 37.2 Å². The number of benzene rings is 2. The fourth-order valence-electron chi connectivity index (χ4n) is 1.98. The Labute approximate surface area is 152 Å². The molecule has 1 unspecified atom stereocenters. The van der Waals surface area contributed by atoms with Gasteiger partial charge >= 0.3 is 0 Å². The third-order valence-corrected chi connectivity index (χ3v) is 5.61. The van der Waals surface area contributed by atoms with E-state index >= 15 is 0 Å². The summed E-state index contributed by atoms with van der Waals surface area (Å²) in [5.41, 5.74) is 0.0436. The lowest BCUT2D eigenvalue weighted by Gasteiger charge is -2.18. The van der Waals surface area contributed by atoms with Crippen LogP contribution in [0.2, 0.25) is 10.0 Å². The quantitative estimate of drug-likeness (QED) is 0.493. The van der Waals surface area contributed by atoms with Gasteiger partial charge in [-0.25, -0.2) is 0 Å². The topological polar surface area (TPSA) is 44.8 Å². The van der Waals surface area contributed by atoms with E-state index in [9.17, 15) is 4.79 Å². The van der Waals surface area contributed by atoms with Crippen molar-refractivity contribution in [1.82, 2.24) is 0 Å². The smallest absolute Gasteiger partial charge is 0.219 e. The normalized spacial score (nSPS) is 12.0. The Hall–Kier alpha value is -1.16. The molecular formula is C17H17Cl2O4P. The summed E-state index contributed by atoms with van der Waals surface area (Å²) in [6, 6.07) is 12.1. The highest BCUT2D eigenvalue weighted by Gasteiger charge is 2.27. The van der Waals surface area contributed by atoms with Crippen LogP contribution in [0.1, 0.15) is 10.4 Å². The minimum absolute atomic E-state index is 0.234. The van der Waals surface area contributed by atoms with Crippen LogP contribution in [0.25, 0.3) is 0 Å². The van der Waals surface area contributed by atoms with Gasteiger partial charge in [0.1, 0.15) is 13.9 Å². The molecule has 2 aromatic carbocycles. The van der Waals surface area contributed by atoms with Gasteiger partial charge in [-0.2, -0.15) is 0 Å². The lowest BCUT2D eigenvalue weighted by molar-refractivity contribution is 0.105. The Bertz CT molecular complexity index is 671. The van der Waals surface area contributed by atoms with Gasteiger partial charge in [0.2, 0.25) is 5.52 Å². The minimum atomic E-state index is -1.60. The van der Waals surface area contributed by atoms with Gasteiger partial charge in [-0.1, -0.05) is 29.3 Å². The first-order chi connectivity index (χ1) is 11.6. The molecule has 0 aliphatic carbocycles. The molecule has 0 amide bonds. The predicted octanol–water partition coefficient (Wildman–Crippen LogP) is 4.53. The molecule has 2 aromatic rings. The molecule has 0 aliphatic heterocycles. The van der Waals surface area contributed by atoms with Gasteiger partial charge in [0, 0.05) is 12.4 Å². The summed E-state index contributed by atoms with van der Waals surface area (Å²) in [5, 5.41) is 1.37. The molecule has 0 fully saturated rings. The molecular weight excluding hydrogens is 370 g/mol. The molecule has 128 valence electrons. The average Bonchev–Trinajstić information content (AvgIpc) is 2.59. The minimum Gasteiger partial charge on any atom is -0.497 e. The maximum atomic E-state index is 13.0. The van der Waals surface area contributed by atoms with Crippen molar-refractivity contribution in [3.63, 3.8) is 0 Å². The highest BCUT2D eigenvalue weighted by Crippen LogP contribution is 2.43. The van der Waals surface area contributed by atoms with Crippen molar-refractivity contribution < 1.29 is 18.8 Å². The molecule has 0 spiro atoms. The SMILES string of the molecule is COCCOP(C(=O)c1c(Cl)cccc1Cl)c1ccc(OC)cc1. The monoisotopic (exact) mass is 386 g/mol. The van der Waals surface area contributed by atoms with E-state index in [0.29, 0.717) is 29.0 Å². The Kier molecular flexibility index (Phi) is 7.47. The maximum Gasteiger partial charge on any atom is 0.219 e. The summed E-state index contributed by atoms with van der Waals surface area (Å²) in [4.78, 5) is 13.0. The zero-order valence-corrected chi connectivity index (χ0v) is 15.7. The molecule has 0 N–H and O–H groups in total. The first kappa shape index (κ1) is 19.2. The van der Waals surface area contributed by atoms with Crippen molar-refractivity contribution in [2.75, 3.05) is 27.4 Å². The third kappa shape index (κ3) is 4.69. The molecule has 0 saturated heterocycles. The number of rotatable bonds is 8. The van der Waals surface area contributed by atoms with Gasteiger partial charge in [0.25, 0.3) is 0 Å². The third-order valence-electron chi connectivity index (χ3n) is 3.18. The number of ether oxygens (including phenoxy) is 2. The maximum absolute atomic E-state index is 13.0. The number of carbonyl (C=O) groups excluding carboxylic acids is 1. The molecule has 2 rings (SSSR count). The van der Waals surface area contributed by atoms with Crippen molar-refractivity contribution >= 4 is 42.2 Å². The van der Waals surface area contributed by atoms with Crippen LogP contribution in [0.4, 0.5) is 0 Å². The summed E-state index contributed by atoms with van der Waals surface area (Å²) in [6.45, 7) is 0.681. The molecule has 0 saturated carbocycles. The molecule has 7 heteroatoms. The van der Waals surface area contributed by atoms with Crippen LogP contribution in [0.5, 0.6) is 5.75 Å². The summed E-state index contributed by atoms with van der Waals surface area (Å²) in [6.07, 6.45) is 0. The Balaban J connectivity index is 2.35. The molecule has 24 heavy (non-hydrogen) atoms. The second-order valence-electron chi connectivity index (χ2n) is 4.72. The standard InChI is InChI=1S/C17H17Cl2O4P/c1-21-10-11-23-24(13-8-6-12(22-2)7-9-13)17(20)16-14(18)4-3-5-15(16)19/h3-9H,10-11H2,1-2H3. The van der Waals surface area contributed by atoms with Crippen LogP contribution in [0, 0.1) is 0 Å². The van der Waals surface area contributed by atoms with Crippen LogP contribution >= 0.6 is 31.4 Å². The zero-order chi connectivity index (χ0) is 17.5. The van der Waals surface area contributed by atoms with Crippen molar-refractivity contribution in [3.05, 3.63) is 58.1 Å². The molecule has 0 aromatic heterocycles. The van der Waals surface area contributed by atoms with E-state index < -0.39 is 8.15 Å². The van der Waals surface area contributed by atoms with Crippen molar-refractivity contribution in [2.45, 2.75) is 0 Å². The second-order valence-corrected chi connectivity index (χ2v) is 7.30. The molecule has 4 nitrogen and oxygen atoms in total. The number of hydrogen-bond acceptors (Lipinski definition) is 4. The van der Waals surface area contributed by atoms with Gasteiger partial charge in [-0.15, -0.1) is 0 Å². The number of carbonyl (C=O) groups is 1. The van der Waals surface area contributed by atoms with E-state index in [1.807, 2.05) is 0 Å². The van der Waals surface area contributed by atoms with E-state index in [1.54, 1.807) is 56.7 Å². The number of methoxy groups -OCH3 is 2. The molecule has 0 radical (unpaired) electrons. The van der Waals surface area contributed by atoms with Crippen molar-refractivity contribution in [1.29, 1.82) is 0 Å². The summed E-state index contributed by atoms with van der Waals surface area (Å²) < 4.78 is 15.9. The van der Waals surface area contributed by atoms with Crippen LogP contribution < -0.4 is 10.0 Å². The molecule has 0 bridgehead atoms. The Morgan fingerprint density at radius 1 is 1.00 bits per heavy atom. The lowest BCUT2D eigenvalue weighted by atomic mass is 10.2. The zero-order valence-electron chi connectivity index (χ0n) is 13.3. The summed E-state index contributed by atoms with van der Waals surface area (Å²) in [5.74, 6) is 0.703. The Morgan fingerprint density at radius 3 is 2.17 bits per heavy atom. The number of halogens is 2. The second kappa shape index (κ2) is 9.36. The van der Waals surface area contributed by atoms with E-state index in [1.165, 1.54) is 0 Å². The van der Waals surface area contributed by atoms with E-state index in [0.717, 1.165) is 5.30 Å². The predicted molar refractivity (Wildman–Crippen MR) is 98.2 cm³/mol. The highest BCUT2D eigenvalue weighted by atomic mass is 35.5. The van der Waals surface area contributed by atoms with Crippen LogP contribution in [-0.2, 0) is 9.26 Å². The highest BCUT2D eigenvalue weighted by molar-refractivity contribution is 7.78. The Morgan fingerprint density at radius 2 is 1.62 bits per heavy atom. The first-order valence-corrected chi connectivity index (χ1v) is 9.14. The van der Waals surface area contributed by atoms with Gasteiger partial charge in [-0.05, 0) is 36.4 Å². The fraction of sp³-hybridized carbons (Fsp3) is 0.235. The molecule has 1 atom stereocenters. The molecule has 0 heterocycles.